The number of hydrogen-bond donors (Lipinski definition) is 0. The summed E-state index contributed by atoms with van der Waals surface area (Å²) in [6.07, 6.45) is 10.6. The van der Waals surface area contributed by atoms with E-state index < -0.39 is 0 Å². The van der Waals surface area contributed by atoms with E-state index in [4.69, 9.17) is 0 Å². The second kappa shape index (κ2) is 16.9. The van der Waals surface area contributed by atoms with Gasteiger partial charge in [-0.05, 0) is 36.8 Å². The Morgan fingerprint density at radius 2 is 0.889 bits per heavy atom. The van der Waals surface area contributed by atoms with E-state index in [2.05, 4.69) is 108 Å². The summed E-state index contributed by atoms with van der Waals surface area (Å²) in [5.74, 6) is 0. The Balaban J connectivity index is 0.00000228. The molecule has 2 nitrogen and oxygen atoms in total. The Morgan fingerprint density at radius 3 is 1.25 bits per heavy atom. The zero-order chi connectivity index (χ0) is 23.6. The Bertz CT molecular complexity index is 1170. The number of hydrogen-bond acceptors (Lipinski definition) is 4. The van der Waals surface area contributed by atoms with Gasteiger partial charge in [-0.25, -0.2) is 0 Å². The zero-order valence-corrected chi connectivity index (χ0v) is 27.8. The third-order valence-corrected chi connectivity index (χ3v) is 6.87. The fourth-order valence-electron chi connectivity index (χ4n) is 3.59. The molecule has 0 aromatic heterocycles. The van der Waals surface area contributed by atoms with E-state index in [0.29, 0.717) is 13.1 Å². The van der Waals surface area contributed by atoms with E-state index in [-0.39, 0.29) is 65.4 Å². The van der Waals surface area contributed by atoms with E-state index in [1.165, 1.54) is 20.9 Å². The third-order valence-electron chi connectivity index (χ3n) is 5.38. The van der Waals surface area contributed by atoms with E-state index in [1.54, 1.807) is 23.5 Å². The van der Waals surface area contributed by atoms with Crippen LogP contribution in [-0.2, 0) is 65.4 Å². The summed E-state index contributed by atoms with van der Waals surface area (Å²) in [7, 11) is 0. The molecule has 0 aliphatic heterocycles. The van der Waals surface area contributed by atoms with Crippen LogP contribution in [0, 0.1) is 0 Å². The van der Waals surface area contributed by atoms with E-state index >= 15 is 0 Å². The summed E-state index contributed by atoms with van der Waals surface area (Å²) in [5, 5.41) is 0. The van der Waals surface area contributed by atoms with Crippen molar-refractivity contribution in [3.63, 3.8) is 0 Å². The van der Waals surface area contributed by atoms with Gasteiger partial charge in [0.1, 0.15) is 0 Å². The number of benzene rings is 4. The zero-order valence-electron chi connectivity index (χ0n) is 20.5. The van der Waals surface area contributed by atoms with Crippen molar-refractivity contribution in [2.24, 2.45) is 9.98 Å². The Kier molecular flexibility index (Phi) is 14.7. The van der Waals surface area contributed by atoms with Crippen LogP contribution in [0.5, 0.6) is 0 Å². The van der Waals surface area contributed by atoms with Crippen molar-refractivity contribution in [1.29, 1.82) is 0 Å². The Labute approximate surface area is 274 Å². The Morgan fingerprint density at radius 1 is 0.528 bits per heavy atom. The van der Waals surface area contributed by atoms with Gasteiger partial charge < -0.3 is 9.98 Å². The van der Waals surface area contributed by atoms with Crippen molar-refractivity contribution in [1.82, 2.24) is 0 Å². The first-order valence-electron chi connectivity index (χ1n) is 11.1. The van der Waals surface area contributed by atoms with Gasteiger partial charge in [-0.1, -0.05) is 60.0 Å². The summed E-state index contributed by atoms with van der Waals surface area (Å²) >= 11 is 3.49. The molecule has 0 spiro atoms. The molecule has 6 heteroatoms. The molecule has 4 rings (SSSR count). The molecule has 0 atom stereocenters. The van der Waals surface area contributed by atoms with Crippen LogP contribution in [0.2, 0.25) is 0 Å². The maximum absolute atomic E-state index is 4.50. The van der Waals surface area contributed by atoms with Crippen LogP contribution in [0.3, 0.4) is 0 Å². The molecule has 36 heavy (non-hydrogen) atoms. The van der Waals surface area contributed by atoms with Crippen molar-refractivity contribution >= 4 is 36.0 Å². The van der Waals surface area contributed by atoms with Crippen LogP contribution in [0.1, 0.15) is 11.1 Å². The van der Waals surface area contributed by atoms with E-state index in [1.807, 2.05) is 24.3 Å². The third kappa shape index (κ3) is 8.86. The first-order chi connectivity index (χ1) is 16.8. The van der Waals surface area contributed by atoms with Gasteiger partial charge in [-0.3, -0.25) is 0 Å². The van der Waals surface area contributed by atoms with Gasteiger partial charge in [0.15, 0.2) is 0 Å². The number of nitrogens with zero attached hydrogens (tertiary/aromatic N) is 2. The molecule has 0 amide bonds. The van der Waals surface area contributed by atoms with Gasteiger partial charge in [0, 0.05) is 88.3 Å². The SMILES string of the molecule is CSc1ccc(-c2ccccc2[C-]=NCCN=[C-]c2ccccc2-c2ccc(SC)cc2)cc1.[Y].[Y]. The Hall–Kier alpha value is -0.872. The first kappa shape index (κ1) is 31.3. The fourth-order valence-corrected chi connectivity index (χ4v) is 4.40. The molecular weight excluding hydrogens is 630 g/mol. The first-order valence-corrected chi connectivity index (χ1v) is 13.6. The summed E-state index contributed by atoms with van der Waals surface area (Å²) in [6, 6.07) is 33.7. The number of rotatable bonds is 9. The average molecular weight is 656 g/mol. The molecule has 0 saturated heterocycles. The minimum Gasteiger partial charge on any atom is -0.358 e. The van der Waals surface area contributed by atoms with Crippen LogP contribution in [0.25, 0.3) is 22.3 Å². The summed E-state index contributed by atoms with van der Waals surface area (Å²) in [5.41, 5.74) is 6.60. The van der Waals surface area contributed by atoms with Gasteiger partial charge >= 0.3 is 0 Å². The van der Waals surface area contributed by atoms with Crippen molar-refractivity contribution in [2.45, 2.75) is 9.79 Å². The molecular formula is C30H26N2S2Y2-2. The van der Waals surface area contributed by atoms with E-state index in [0.717, 1.165) is 22.3 Å². The molecule has 4 aromatic rings. The predicted octanol–water partition coefficient (Wildman–Crippen LogP) is 7.75. The molecule has 0 heterocycles. The van der Waals surface area contributed by atoms with Gasteiger partial charge in [0.05, 0.1) is 0 Å². The normalized spacial score (nSPS) is 10.8. The quantitative estimate of drug-likeness (QED) is 0.0797. The summed E-state index contributed by atoms with van der Waals surface area (Å²) < 4.78 is 0. The van der Waals surface area contributed by atoms with Crippen molar-refractivity contribution in [2.75, 3.05) is 25.6 Å². The molecule has 0 unspecified atom stereocenters. The van der Waals surface area contributed by atoms with Crippen LogP contribution in [0.4, 0.5) is 0 Å². The van der Waals surface area contributed by atoms with Crippen LogP contribution in [-0.4, -0.2) is 38.0 Å². The van der Waals surface area contributed by atoms with Crippen molar-refractivity contribution < 1.29 is 65.4 Å². The van der Waals surface area contributed by atoms with Crippen molar-refractivity contribution in [3.05, 3.63) is 108 Å². The van der Waals surface area contributed by atoms with Crippen LogP contribution < -0.4 is 0 Å². The molecule has 0 aliphatic carbocycles. The second-order valence-corrected chi connectivity index (χ2v) is 9.29. The largest absolute Gasteiger partial charge is 0.358 e. The number of thioether (sulfide) groups is 2. The second-order valence-electron chi connectivity index (χ2n) is 7.54. The van der Waals surface area contributed by atoms with E-state index in [9.17, 15) is 0 Å². The standard InChI is InChI=1S/C30H26N2S2.2Y/c1-33-27-15-11-23(12-16-27)29-9-5-3-7-25(29)21-31-19-20-32-22-26-8-4-6-10-30(26)24-13-17-28(34-2)18-14-24;;/h3-18H,19-20H2,1-2H3;;/q-2;;. The van der Waals surface area contributed by atoms with Gasteiger partial charge in [-0.2, -0.15) is 23.3 Å². The molecule has 176 valence electrons. The maximum atomic E-state index is 4.50. The average Bonchev–Trinajstić information content (AvgIpc) is 2.91. The van der Waals surface area contributed by atoms with Gasteiger partial charge in [0.25, 0.3) is 0 Å². The summed E-state index contributed by atoms with van der Waals surface area (Å²) in [4.78, 5) is 11.5. The minimum absolute atomic E-state index is 0. The van der Waals surface area contributed by atoms with Crippen LogP contribution in [0.15, 0.2) is 117 Å². The van der Waals surface area contributed by atoms with Gasteiger partial charge in [-0.15, -0.1) is 58.9 Å². The molecule has 4 aromatic carbocycles. The van der Waals surface area contributed by atoms with Crippen LogP contribution >= 0.6 is 23.5 Å². The van der Waals surface area contributed by atoms with Crippen molar-refractivity contribution in [3.8, 4) is 22.3 Å². The monoisotopic (exact) mass is 656 g/mol. The molecule has 2 radical (unpaired) electrons. The maximum Gasteiger partial charge on any atom is 0.0426 e. The fraction of sp³-hybridized carbons (Fsp3) is 0.133. The minimum atomic E-state index is 0. The number of aliphatic imine (C=N–C) groups is 2. The molecule has 0 bridgehead atoms. The smallest absolute Gasteiger partial charge is 0.0426 e. The predicted molar refractivity (Wildman–Crippen MR) is 150 cm³/mol. The summed E-state index contributed by atoms with van der Waals surface area (Å²) in [6.45, 7) is 1.13. The molecule has 0 aliphatic rings. The molecule has 0 fully saturated rings. The molecule has 0 N–H and O–H groups in total. The topological polar surface area (TPSA) is 24.7 Å². The van der Waals surface area contributed by atoms with Gasteiger partial charge in [0.2, 0.25) is 0 Å². The molecule has 0 saturated carbocycles.